The molecule has 0 fully saturated rings. The first kappa shape index (κ1) is 15.4. The van der Waals surface area contributed by atoms with Gasteiger partial charge in [-0.25, -0.2) is 0 Å². The number of allylic oxidation sites excluding steroid dienone is 1. The zero-order valence-electron chi connectivity index (χ0n) is 11.9. The van der Waals surface area contributed by atoms with Gasteiger partial charge in [-0.3, -0.25) is 4.79 Å². The van der Waals surface area contributed by atoms with Gasteiger partial charge < -0.3 is 10.0 Å². The number of aliphatic hydroxyl groups is 1. The molecule has 0 bridgehead atoms. The monoisotopic (exact) mass is 261 g/mol. The summed E-state index contributed by atoms with van der Waals surface area (Å²) < 4.78 is 0. The molecule has 1 aromatic rings. The van der Waals surface area contributed by atoms with E-state index >= 15 is 0 Å². The average Bonchev–Trinajstić information content (AvgIpc) is 2.45. The normalized spacial score (nSPS) is 15.4. The molecule has 0 unspecified atom stereocenters. The molecule has 0 heterocycles. The van der Waals surface area contributed by atoms with Crippen LogP contribution in [0.25, 0.3) is 0 Å². The van der Waals surface area contributed by atoms with Crippen molar-refractivity contribution >= 4 is 5.91 Å². The van der Waals surface area contributed by atoms with E-state index in [4.69, 9.17) is 0 Å². The van der Waals surface area contributed by atoms with Gasteiger partial charge >= 0.3 is 0 Å². The van der Waals surface area contributed by atoms with Crippen LogP contribution in [0.1, 0.15) is 31.9 Å². The molecule has 0 aliphatic heterocycles. The van der Waals surface area contributed by atoms with Crippen LogP contribution in [0, 0.1) is 5.92 Å². The molecule has 19 heavy (non-hydrogen) atoms. The smallest absolute Gasteiger partial charge is 0.225 e. The van der Waals surface area contributed by atoms with E-state index in [0.717, 1.165) is 5.56 Å². The predicted molar refractivity (Wildman–Crippen MR) is 77.6 cm³/mol. The lowest BCUT2D eigenvalue weighted by atomic mass is 10.0. The summed E-state index contributed by atoms with van der Waals surface area (Å²) in [5.41, 5.74) is 0.825. The van der Waals surface area contributed by atoms with Crippen LogP contribution in [0.3, 0.4) is 0 Å². The van der Waals surface area contributed by atoms with Gasteiger partial charge in [0.05, 0.1) is 12.1 Å². The van der Waals surface area contributed by atoms with Crippen molar-refractivity contribution in [1.82, 2.24) is 4.90 Å². The fourth-order valence-electron chi connectivity index (χ4n) is 2.04. The second-order valence-electron chi connectivity index (χ2n) is 4.97. The van der Waals surface area contributed by atoms with Crippen molar-refractivity contribution in [2.75, 3.05) is 7.05 Å². The Bertz CT molecular complexity index is 416. The maximum atomic E-state index is 12.2. The molecule has 3 heteroatoms. The van der Waals surface area contributed by atoms with Gasteiger partial charge in [-0.1, -0.05) is 43.3 Å². The Balaban J connectivity index is 2.73. The van der Waals surface area contributed by atoms with Gasteiger partial charge in [-0.15, -0.1) is 6.58 Å². The Morgan fingerprint density at radius 3 is 2.47 bits per heavy atom. The first-order valence-electron chi connectivity index (χ1n) is 6.59. The van der Waals surface area contributed by atoms with E-state index in [9.17, 15) is 9.90 Å². The highest BCUT2D eigenvalue weighted by Crippen LogP contribution is 2.21. The third-order valence-electron chi connectivity index (χ3n) is 3.50. The van der Waals surface area contributed by atoms with E-state index in [2.05, 4.69) is 6.58 Å². The minimum atomic E-state index is -0.675. The van der Waals surface area contributed by atoms with Gasteiger partial charge in [0, 0.05) is 13.0 Å². The van der Waals surface area contributed by atoms with Crippen LogP contribution >= 0.6 is 0 Å². The van der Waals surface area contributed by atoms with E-state index < -0.39 is 6.10 Å². The van der Waals surface area contributed by atoms with E-state index in [1.165, 1.54) is 0 Å². The molecule has 1 aromatic carbocycles. The van der Waals surface area contributed by atoms with Crippen LogP contribution in [0.2, 0.25) is 0 Å². The van der Waals surface area contributed by atoms with Crippen LogP contribution in [-0.4, -0.2) is 29.0 Å². The number of benzene rings is 1. The van der Waals surface area contributed by atoms with E-state index in [-0.39, 0.29) is 17.9 Å². The van der Waals surface area contributed by atoms with Gasteiger partial charge in [0.25, 0.3) is 0 Å². The predicted octanol–water partition coefficient (Wildman–Crippen LogP) is 2.78. The molecule has 3 atom stereocenters. The summed E-state index contributed by atoms with van der Waals surface area (Å²) in [6, 6.07) is 9.14. The second-order valence-corrected chi connectivity index (χ2v) is 4.97. The van der Waals surface area contributed by atoms with Crippen molar-refractivity contribution in [3.63, 3.8) is 0 Å². The summed E-state index contributed by atoms with van der Waals surface area (Å²) in [7, 11) is 1.73. The highest BCUT2D eigenvalue weighted by molar-refractivity contribution is 5.78. The molecule has 0 radical (unpaired) electrons. The standard InChI is InChI=1S/C16H23NO2/c1-5-9-12(2)16(19)17(4)13(3)15(18)14-10-7-6-8-11-14/h5-8,10-13,15,18H,1,9H2,2-4H3/t12-,13+,15+/m1/s1. The third kappa shape index (κ3) is 3.93. The average molecular weight is 261 g/mol. The number of carbonyl (C=O) groups is 1. The molecule has 0 spiro atoms. The summed E-state index contributed by atoms with van der Waals surface area (Å²) in [6.45, 7) is 7.38. The number of carbonyl (C=O) groups excluding carboxylic acids is 1. The Morgan fingerprint density at radius 1 is 1.37 bits per heavy atom. The number of rotatable bonds is 6. The highest BCUT2D eigenvalue weighted by atomic mass is 16.3. The summed E-state index contributed by atoms with van der Waals surface area (Å²) in [4.78, 5) is 13.8. The maximum Gasteiger partial charge on any atom is 0.225 e. The lowest BCUT2D eigenvalue weighted by molar-refractivity contribution is -0.137. The first-order chi connectivity index (χ1) is 8.99. The largest absolute Gasteiger partial charge is 0.386 e. The number of nitrogens with zero attached hydrogens (tertiary/aromatic N) is 1. The van der Waals surface area contributed by atoms with Crippen LogP contribution < -0.4 is 0 Å². The Labute approximate surface area is 115 Å². The molecule has 0 saturated carbocycles. The van der Waals surface area contributed by atoms with Crippen molar-refractivity contribution in [3.8, 4) is 0 Å². The molecular formula is C16H23NO2. The molecule has 3 nitrogen and oxygen atoms in total. The number of amides is 1. The van der Waals surface area contributed by atoms with Crippen LogP contribution in [0.5, 0.6) is 0 Å². The second kappa shape index (κ2) is 7.10. The van der Waals surface area contributed by atoms with Crippen LogP contribution in [0.15, 0.2) is 43.0 Å². The van der Waals surface area contributed by atoms with Crippen molar-refractivity contribution in [2.24, 2.45) is 5.92 Å². The molecule has 0 aliphatic rings. The first-order valence-corrected chi connectivity index (χ1v) is 6.59. The topological polar surface area (TPSA) is 40.5 Å². The molecule has 0 saturated heterocycles. The van der Waals surface area contributed by atoms with E-state index in [1.54, 1.807) is 18.0 Å². The lowest BCUT2D eigenvalue weighted by Gasteiger charge is -2.31. The maximum absolute atomic E-state index is 12.2. The SMILES string of the molecule is C=CC[C@@H](C)C(=O)N(C)[C@@H](C)[C@H](O)c1ccccc1. The molecule has 0 aliphatic carbocycles. The van der Waals surface area contributed by atoms with Gasteiger partial charge in [-0.2, -0.15) is 0 Å². The summed E-state index contributed by atoms with van der Waals surface area (Å²) in [5, 5.41) is 10.3. The Morgan fingerprint density at radius 2 is 1.95 bits per heavy atom. The van der Waals surface area contributed by atoms with Crippen molar-refractivity contribution < 1.29 is 9.90 Å². The third-order valence-corrected chi connectivity index (χ3v) is 3.50. The molecule has 1 rings (SSSR count). The van der Waals surface area contributed by atoms with Crippen molar-refractivity contribution in [1.29, 1.82) is 0 Å². The van der Waals surface area contributed by atoms with Crippen molar-refractivity contribution in [3.05, 3.63) is 48.6 Å². The minimum absolute atomic E-state index is 0.0300. The number of aliphatic hydroxyl groups excluding tert-OH is 1. The van der Waals surface area contributed by atoms with Crippen LogP contribution in [-0.2, 0) is 4.79 Å². The fraction of sp³-hybridized carbons (Fsp3) is 0.438. The Kier molecular flexibility index (Phi) is 5.77. The Hall–Kier alpha value is -1.61. The van der Waals surface area contributed by atoms with Crippen LogP contribution in [0.4, 0.5) is 0 Å². The fourth-order valence-corrected chi connectivity index (χ4v) is 2.04. The van der Waals surface area contributed by atoms with Gasteiger partial charge in [0.15, 0.2) is 0 Å². The number of hydrogen-bond acceptors (Lipinski definition) is 2. The molecule has 1 amide bonds. The number of likely N-dealkylation sites (N-methyl/N-ethyl adjacent to an activating group) is 1. The quantitative estimate of drug-likeness (QED) is 0.800. The summed E-state index contributed by atoms with van der Waals surface area (Å²) >= 11 is 0. The molecule has 104 valence electrons. The number of hydrogen-bond donors (Lipinski definition) is 1. The lowest BCUT2D eigenvalue weighted by Crippen LogP contribution is -2.41. The molecule has 0 aromatic heterocycles. The summed E-state index contributed by atoms with van der Waals surface area (Å²) in [5.74, 6) is -0.0738. The zero-order chi connectivity index (χ0) is 14.4. The van der Waals surface area contributed by atoms with E-state index in [1.807, 2.05) is 44.2 Å². The van der Waals surface area contributed by atoms with Gasteiger partial charge in [0.2, 0.25) is 5.91 Å². The summed E-state index contributed by atoms with van der Waals surface area (Å²) in [6.07, 6.45) is 1.72. The zero-order valence-corrected chi connectivity index (χ0v) is 11.9. The molecular weight excluding hydrogens is 238 g/mol. The minimum Gasteiger partial charge on any atom is -0.386 e. The van der Waals surface area contributed by atoms with E-state index in [0.29, 0.717) is 6.42 Å². The molecule has 1 N–H and O–H groups in total. The highest BCUT2D eigenvalue weighted by Gasteiger charge is 2.26. The van der Waals surface area contributed by atoms with Gasteiger partial charge in [0.1, 0.15) is 0 Å². The van der Waals surface area contributed by atoms with Crippen molar-refractivity contribution in [2.45, 2.75) is 32.4 Å². The van der Waals surface area contributed by atoms with Gasteiger partial charge in [-0.05, 0) is 18.9 Å².